The average molecular weight is 771 g/mol. The third-order valence-corrected chi connectivity index (χ3v) is 11.8. The van der Waals surface area contributed by atoms with Gasteiger partial charge in [-0.3, -0.25) is 9.59 Å². The molecule has 304 valence electrons. The summed E-state index contributed by atoms with van der Waals surface area (Å²) in [6.45, 7) is 4.70. The van der Waals surface area contributed by atoms with Gasteiger partial charge in [-0.05, 0) is 29.5 Å². The van der Waals surface area contributed by atoms with E-state index in [9.17, 15) is 9.59 Å². The molecule has 0 aromatic heterocycles. The summed E-state index contributed by atoms with van der Waals surface area (Å²) < 4.78 is 13.2. The van der Waals surface area contributed by atoms with Crippen LogP contribution in [0, 0.1) is 0 Å². The molecular weight excluding hydrogens is 697 g/mol. The van der Waals surface area contributed by atoms with E-state index >= 15 is 0 Å². The van der Waals surface area contributed by atoms with Crippen molar-refractivity contribution in [1.82, 2.24) is 0 Å². The molecule has 0 amide bonds. The van der Waals surface area contributed by atoms with Crippen LogP contribution >= 0.6 is 11.8 Å². The van der Waals surface area contributed by atoms with Crippen LogP contribution in [0.2, 0.25) is 0 Å². The second-order valence-electron chi connectivity index (χ2n) is 15.5. The molecule has 4 nitrogen and oxygen atoms in total. The van der Waals surface area contributed by atoms with Crippen LogP contribution in [0.15, 0.2) is 91.0 Å². The fourth-order valence-corrected chi connectivity index (χ4v) is 8.30. The van der Waals surface area contributed by atoms with Crippen LogP contribution in [0.5, 0.6) is 0 Å². The molecule has 0 heterocycles. The van der Waals surface area contributed by atoms with E-state index in [2.05, 4.69) is 50.2 Å². The molecule has 3 rings (SSSR count). The first-order chi connectivity index (χ1) is 27.1. The molecular formula is C50H74O4S. The molecule has 1 atom stereocenters. The van der Waals surface area contributed by atoms with Crippen LogP contribution in [0.4, 0.5) is 0 Å². The van der Waals surface area contributed by atoms with Gasteiger partial charge in [-0.15, -0.1) is 0 Å². The number of hydrogen-bond donors (Lipinski definition) is 0. The van der Waals surface area contributed by atoms with E-state index in [-0.39, 0.29) is 17.7 Å². The molecule has 0 aliphatic carbocycles. The lowest BCUT2D eigenvalue weighted by atomic mass is 9.80. The highest BCUT2D eigenvalue weighted by molar-refractivity contribution is 8.13. The maximum absolute atomic E-state index is 13.3. The highest BCUT2D eigenvalue weighted by atomic mass is 32.2. The fraction of sp³-hybridized carbons (Fsp3) is 0.600. The second kappa shape index (κ2) is 30.3. The predicted octanol–water partition coefficient (Wildman–Crippen LogP) is 14.6. The van der Waals surface area contributed by atoms with E-state index in [0.717, 1.165) is 48.8 Å². The van der Waals surface area contributed by atoms with Gasteiger partial charge < -0.3 is 9.47 Å². The van der Waals surface area contributed by atoms with E-state index in [1.165, 1.54) is 121 Å². The van der Waals surface area contributed by atoms with Crippen LogP contribution in [0.1, 0.15) is 185 Å². The summed E-state index contributed by atoms with van der Waals surface area (Å²) in [5.41, 5.74) is 2.07. The highest BCUT2D eigenvalue weighted by Gasteiger charge is 2.38. The van der Waals surface area contributed by atoms with Gasteiger partial charge in [0, 0.05) is 18.6 Å². The largest absolute Gasteiger partial charge is 0.459 e. The van der Waals surface area contributed by atoms with Gasteiger partial charge in [0.2, 0.25) is 0 Å². The molecule has 0 radical (unpaired) electrons. The number of rotatable bonds is 33. The zero-order valence-corrected chi connectivity index (χ0v) is 35.5. The molecule has 3 aromatic rings. The molecule has 0 aliphatic rings. The first-order valence-electron chi connectivity index (χ1n) is 22.3. The van der Waals surface area contributed by atoms with Gasteiger partial charge in [-0.2, -0.15) is 0 Å². The number of ether oxygens (including phenoxy) is 2. The average Bonchev–Trinajstić information content (AvgIpc) is 3.22. The maximum Gasteiger partial charge on any atom is 0.306 e. The summed E-state index contributed by atoms with van der Waals surface area (Å²) in [6.07, 6.45) is 27.8. The van der Waals surface area contributed by atoms with Gasteiger partial charge in [0.05, 0.1) is 6.61 Å². The van der Waals surface area contributed by atoms with Crippen molar-refractivity contribution < 1.29 is 19.1 Å². The molecule has 0 spiro atoms. The van der Waals surface area contributed by atoms with Crippen molar-refractivity contribution in [3.05, 3.63) is 108 Å². The SMILES string of the molecule is CCCCCCCCCCCCCC(=O)O[C@@H](COC(c1ccccc1)(c1ccccc1)c1ccccc1)CSC(=O)CCCCCCCCCCCCC. The minimum atomic E-state index is -0.922. The molecule has 0 fully saturated rings. The van der Waals surface area contributed by atoms with Crippen molar-refractivity contribution in [2.24, 2.45) is 0 Å². The Labute approximate surface area is 340 Å². The zero-order chi connectivity index (χ0) is 39.1. The van der Waals surface area contributed by atoms with E-state index in [4.69, 9.17) is 9.47 Å². The van der Waals surface area contributed by atoms with Crippen molar-refractivity contribution in [2.45, 2.75) is 180 Å². The maximum atomic E-state index is 13.3. The van der Waals surface area contributed by atoms with Gasteiger partial charge in [-0.25, -0.2) is 0 Å². The summed E-state index contributed by atoms with van der Waals surface area (Å²) in [5.74, 6) is 0.183. The molecule has 55 heavy (non-hydrogen) atoms. The Balaban J connectivity index is 1.58. The summed E-state index contributed by atoms with van der Waals surface area (Å²) in [4.78, 5) is 26.4. The topological polar surface area (TPSA) is 52.6 Å². The minimum absolute atomic E-state index is 0.168. The standard InChI is InChI=1S/C50H74O4S/c1-3-5-7-9-11-13-15-17-19-21-32-40-48(51)54-47(43-55-49(52)41-33-22-20-18-16-14-12-10-8-6-4-2)42-53-50(44-34-26-23-27-35-44,45-36-28-24-29-37-45)46-38-30-25-31-39-46/h23-31,34-39,47H,3-22,32-33,40-43H2,1-2H3/t47-/m0/s1. The van der Waals surface area contributed by atoms with Crippen molar-refractivity contribution in [3.8, 4) is 0 Å². The summed E-state index contributed by atoms with van der Waals surface area (Å²) in [5, 5.41) is 0.169. The molecule has 5 heteroatoms. The quantitative estimate of drug-likeness (QED) is 0.0351. The molecule has 3 aromatic carbocycles. The Morgan fingerprint density at radius 1 is 0.491 bits per heavy atom. The molecule has 0 aliphatic heterocycles. The molecule has 0 bridgehead atoms. The summed E-state index contributed by atoms with van der Waals surface area (Å²) in [6, 6.07) is 30.8. The van der Waals surface area contributed by atoms with Crippen molar-refractivity contribution in [3.63, 3.8) is 0 Å². The normalized spacial score (nSPS) is 12.1. The first kappa shape index (κ1) is 46.5. The summed E-state index contributed by atoms with van der Waals surface area (Å²) >= 11 is 1.30. The van der Waals surface area contributed by atoms with E-state index in [0.29, 0.717) is 18.6 Å². The molecule has 0 saturated carbocycles. The van der Waals surface area contributed by atoms with Gasteiger partial charge in [0.25, 0.3) is 0 Å². The number of unbranched alkanes of at least 4 members (excludes halogenated alkanes) is 20. The van der Waals surface area contributed by atoms with E-state index < -0.39 is 11.7 Å². The number of thioether (sulfide) groups is 1. The molecule has 0 saturated heterocycles. The van der Waals surface area contributed by atoms with Gasteiger partial charge in [0.15, 0.2) is 5.12 Å². The Kier molecular flexibility index (Phi) is 25.6. The van der Waals surface area contributed by atoms with Gasteiger partial charge in [0.1, 0.15) is 11.7 Å². The van der Waals surface area contributed by atoms with Crippen molar-refractivity contribution in [1.29, 1.82) is 0 Å². The Morgan fingerprint density at radius 3 is 1.22 bits per heavy atom. The van der Waals surface area contributed by atoms with Crippen LogP contribution in [0.3, 0.4) is 0 Å². The van der Waals surface area contributed by atoms with Crippen LogP contribution < -0.4 is 0 Å². The van der Waals surface area contributed by atoms with E-state index in [1.807, 2.05) is 54.6 Å². The Bertz CT molecular complexity index is 1270. The van der Waals surface area contributed by atoms with Gasteiger partial charge >= 0.3 is 5.97 Å². The van der Waals surface area contributed by atoms with Crippen molar-refractivity contribution >= 4 is 22.8 Å². The predicted molar refractivity (Wildman–Crippen MR) is 235 cm³/mol. The molecule has 0 unspecified atom stereocenters. The number of hydrogen-bond acceptors (Lipinski definition) is 5. The monoisotopic (exact) mass is 771 g/mol. The zero-order valence-electron chi connectivity index (χ0n) is 34.7. The third-order valence-electron chi connectivity index (χ3n) is 10.7. The van der Waals surface area contributed by atoms with Crippen LogP contribution in [-0.4, -0.2) is 29.5 Å². The van der Waals surface area contributed by atoms with Crippen molar-refractivity contribution in [2.75, 3.05) is 12.4 Å². The van der Waals surface area contributed by atoms with Gasteiger partial charge in [-0.1, -0.05) is 245 Å². The van der Waals surface area contributed by atoms with Crippen LogP contribution in [-0.2, 0) is 24.7 Å². The number of carbonyl (C=O) groups excluding carboxylic acids is 2. The number of esters is 1. The highest BCUT2D eigenvalue weighted by Crippen LogP contribution is 2.40. The lowest BCUT2D eigenvalue weighted by Crippen LogP contribution is -2.37. The smallest absolute Gasteiger partial charge is 0.306 e. The lowest BCUT2D eigenvalue weighted by Gasteiger charge is -2.37. The molecule has 0 N–H and O–H groups in total. The first-order valence-corrected chi connectivity index (χ1v) is 23.2. The van der Waals surface area contributed by atoms with Crippen LogP contribution in [0.25, 0.3) is 0 Å². The Morgan fingerprint density at radius 2 is 0.836 bits per heavy atom. The third kappa shape index (κ3) is 19.2. The minimum Gasteiger partial charge on any atom is -0.459 e. The summed E-state index contributed by atoms with van der Waals surface area (Å²) in [7, 11) is 0. The number of carbonyl (C=O) groups is 2. The fourth-order valence-electron chi connectivity index (χ4n) is 7.47. The lowest BCUT2D eigenvalue weighted by molar-refractivity contribution is -0.153. The van der Waals surface area contributed by atoms with E-state index in [1.54, 1.807) is 0 Å². The number of benzene rings is 3. The Hall–Kier alpha value is -2.89. The second-order valence-corrected chi connectivity index (χ2v) is 16.5.